The van der Waals surface area contributed by atoms with Crippen LogP contribution in [0.2, 0.25) is 10.0 Å². The van der Waals surface area contributed by atoms with Gasteiger partial charge in [0.15, 0.2) is 0 Å². The van der Waals surface area contributed by atoms with E-state index in [2.05, 4.69) is 9.89 Å². The molecule has 12 heteroatoms. The van der Waals surface area contributed by atoms with Crippen LogP contribution in [0, 0.1) is 3.57 Å². The predicted octanol–water partition coefficient (Wildman–Crippen LogP) is 6.02. The second kappa shape index (κ2) is 9.06. The van der Waals surface area contributed by atoms with Crippen LogP contribution in [0.25, 0.3) is 0 Å². The highest BCUT2D eigenvalue weighted by atomic mass is 127. The first kappa shape index (κ1) is 24.6. The summed E-state index contributed by atoms with van der Waals surface area (Å²) in [4.78, 5) is 29.8. The average molecular weight is 601 g/mol. The first-order valence-corrected chi connectivity index (χ1v) is 10.7. The van der Waals surface area contributed by atoms with E-state index in [9.17, 15) is 22.8 Å². The van der Waals surface area contributed by atoms with Crippen LogP contribution in [-0.4, -0.2) is 42.9 Å². The molecule has 1 unspecified atom stereocenters. The summed E-state index contributed by atoms with van der Waals surface area (Å²) in [5, 5.41) is 3.75. The second-order valence-electron chi connectivity index (χ2n) is 6.82. The highest BCUT2D eigenvalue weighted by Gasteiger charge is 2.62. The fraction of sp³-hybridized carbons (Fsp3) is 0.250. The van der Waals surface area contributed by atoms with Gasteiger partial charge in [0.25, 0.3) is 11.5 Å². The second-order valence-corrected chi connectivity index (χ2v) is 8.85. The molecule has 1 aliphatic rings. The number of carbonyl (C=O) groups excluding carboxylic acids is 2. The lowest BCUT2D eigenvalue weighted by Crippen LogP contribution is -2.42. The fourth-order valence-corrected chi connectivity index (χ4v) is 4.39. The first-order chi connectivity index (χ1) is 14.9. The Kier molecular flexibility index (Phi) is 6.97. The fourth-order valence-electron chi connectivity index (χ4n) is 3.11. The Morgan fingerprint density at radius 2 is 1.81 bits per heavy atom. The highest BCUT2D eigenvalue weighted by Crippen LogP contribution is 2.49. The van der Waals surface area contributed by atoms with E-state index in [0.29, 0.717) is 9.13 Å². The number of imide groups is 1. The third kappa shape index (κ3) is 4.53. The molecule has 1 aliphatic heterocycles. The molecule has 0 fully saturated rings. The van der Waals surface area contributed by atoms with Crippen molar-refractivity contribution in [2.24, 2.45) is 5.16 Å². The molecule has 1 heterocycles. The third-order valence-electron chi connectivity index (χ3n) is 4.80. The Labute approximate surface area is 204 Å². The predicted molar refractivity (Wildman–Crippen MR) is 120 cm³/mol. The molecule has 0 spiro atoms. The van der Waals surface area contributed by atoms with Crippen LogP contribution in [0.5, 0.6) is 0 Å². The molecule has 2 amide bonds. The standard InChI is InChI=1S/C20H14Cl2F3IN2O4/c1-28(18(30)31-2)17(29)14-4-3-10(5-15(14)26)16-9-19(32-27-16,20(23,24)25)11-6-12(21)8-13(22)7-11/h3-8H,9H2,1-2H3. The van der Waals surface area contributed by atoms with Gasteiger partial charge in [0.2, 0.25) is 0 Å². The van der Waals surface area contributed by atoms with Crippen LogP contribution in [-0.2, 0) is 15.2 Å². The zero-order valence-corrected chi connectivity index (χ0v) is 20.1. The lowest BCUT2D eigenvalue weighted by Gasteiger charge is -2.29. The van der Waals surface area contributed by atoms with Crippen molar-refractivity contribution in [3.63, 3.8) is 0 Å². The molecule has 2 aromatic carbocycles. The maximum absolute atomic E-state index is 14.1. The molecular weight excluding hydrogens is 587 g/mol. The molecule has 3 rings (SSSR count). The van der Waals surface area contributed by atoms with E-state index >= 15 is 0 Å². The van der Waals surface area contributed by atoms with Crippen molar-refractivity contribution in [1.82, 2.24) is 4.90 Å². The van der Waals surface area contributed by atoms with Gasteiger partial charge in [-0.25, -0.2) is 9.69 Å². The molecule has 6 nitrogen and oxygen atoms in total. The number of nitrogens with zero attached hydrogens (tertiary/aromatic N) is 2. The summed E-state index contributed by atoms with van der Waals surface area (Å²) in [6, 6.07) is 7.89. The number of benzene rings is 2. The lowest BCUT2D eigenvalue weighted by molar-refractivity contribution is -0.275. The van der Waals surface area contributed by atoms with Gasteiger partial charge in [0, 0.05) is 38.2 Å². The highest BCUT2D eigenvalue weighted by molar-refractivity contribution is 14.1. The Morgan fingerprint density at radius 1 is 1.19 bits per heavy atom. The van der Waals surface area contributed by atoms with Gasteiger partial charge in [-0.3, -0.25) is 4.79 Å². The van der Waals surface area contributed by atoms with Crippen LogP contribution >= 0.6 is 45.8 Å². The molecule has 2 aromatic rings. The minimum Gasteiger partial charge on any atom is -0.452 e. The van der Waals surface area contributed by atoms with Crippen molar-refractivity contribution in [2.45, 2.75) is 18.2 Å². The van der Waals surface area contributed by atoms with Gasteiger partial charge in [0.1, 0.15) is 0 Å². The number of hydrogen-bond acceptors (Lipinski definition) is 5. The number of methoxy groups -OCH3 is 1. The van der Waals surface area contributed by atoms with E-state index in [4.69, 9.17) is 28.0 Å². The van der Waals surface area contributed by atoms with Gasteiger partial charge in [-0.2, -0.15) is 13.2 Å². The summed E-state index contributed by atoms with van der Waals surface area (Å²) in [5.74, 6) is -0.629. The molecule has 0 radical (unpaired) electrons. The van der Waals surface area contributed by atoms with Gasteiger partial charge in [-0.15, -0.1) is 0 Å². The topological polar surface area (TPSA) is 68.2 Å². The number of hydrogen-bond donors (Lipinski definition) is 0. The Bertz CT molecular complexity index is 1110. The summed E-state index contributed by atoms with van der Waals surface area (Å²) in [7, 11) is 2.39. The molecular formula is C20H14Cl2F3IN2O4. The molecule has 32 heavy (non-hydrogen) atoms. The summed E-state index contributed by atoms with van der Waals surface area (Å²) in [6.45, 7) is 0. The summed E-state index contributed by atoms with van der Waals surface area (Å²) in [5.41, 5.74) is -2.52. The number of alkyl halides is 3. The van der Waals surface area contributed by atoms with Crippen molar-refractivity contribution < 1.29 is 32.3 Å². The van der Waals surface area contributed by atoms with Crippen molar-refractivity contribution in [3.05, 3.63) is 66.7 Å². The summed E-state index contributed by atoms with van der Waals surface area (Å²) in [6.07, 6.45) is -6.30. The molecule has 0 saturated carbocycles. The van der Waals surface area contributed by atoms with Crippen molar-refractivity contribution in [1.29, 1.82) is 0 Å². The number of ether oxygens (including phenoxy) is 1. The van der Waals surface area contributed by atoms with E-state index in [1.54, 1.807) is 0 Å². The number of halogens is 6. The molecule has 170 valence electrons. The zero-order valence-electron chi connectivity index (χ0n) is 16.5. The van der Waals surface area contributed by atoms with Gasteiger partial charge < -0.3 is 9.57 Å². The molecule has 0 aliphatic carbocycles. The number of carbonyl (C=O) groups is 2. The van der Waals surface area contributed by atoms with Gasteiger partial charge in [-0.1, -0.05) is 34.4 Å². The van der Waals surface area contributed by atoms with E-state index in [1.807, 2.05) is 22.6 Å². The van der Waals surface area contributed by atoms with Crippen LogP contribution in [0.1, 0.15) is 27.9 Å². The van der Waals surface area contributed by atoms with Crippen LogP contribution in [0.15, 0.2) is 41.6 Å². The maximum Gasteiger partial charge on any atom is 0.435 e. The molecule has 0 saturated heterocycles. The SMILES string of the molecule is COC(=O)N(C)C(=O)c1ccc(C2=NOC(c3cc(Cl)cc(Cl)c3)(C(F)(F)F)C2)cc1I. The molecule has 0 bridgehead atoms. The third-order valence-corrected chi connectivity index (χ3v) is 6.13. The number of amides is 2. The van der Waals surface area contributed by atoms with E-state index in [0.717, 1.165) is 24.1 Å². The van der Waals surface area contributed by atoms with E-state index in [-0.39, 0.29) is 26.9 Å². The van der Waals surface area contributed by atoms with Gasteiger partial charge in [0.05, 0.1) is 18.4 Å². The monoisotopic (exact) mass is 600 g/mol. The first-order valence-electron chi connectivity index (χ1n) is 8.84. The Balaban J connectivity index is 1.94. The largest absolute Gasteiger partial charge is 0.452 e. The average Bonchev–Trinajstić information content (AvgIpc) is 3.18. The number of oxime groups is 1. The van der Waals surface area contributed by atoms with Crippen LogP contribution in [0.4, 0.5) is 18.0 Å². The minimum atomic E-state index is -4.82. The quantitative estimate of drug-likeness (QED) is 0.404. The van der Waals surface area contributed by atoms with Gasteiger partial charge >= 0.3 is 12.3 Å². The lowest BCUT2D eigenvalue weighted by atomic mass is 9.86. The maximum atomic E-state index is 14.1. The van der Waals surface area contributed by atoms with Crippen molar-refractivity contribution in [3.8, 4) is 0 Å². The van der Waals surface area contributed by atoms with E-state index in [1.165, 1.54) is 31.3 Å². The zero-order chi connectivity index (χ0) is 23.8. The summed E-state index contributed by atoms with van der Waals surface area (Å²) >= 11 is 13.7. The van der Waals surface area contributed by atoms with Gasteiger partial charge in [-0.05, 0) is 52.9 Å². The smallest absolute Gasteiger partial charge is 0.435 e. The summed E-state index contributed by atoms with van der Waals surface area (Å²) < 4.78 is 47.3. The van der Waals surface area contributed by atoms with Crippen molar-refractivity contribution in [2.75, 3.05) is 14.2 Å². The molecule has 0 aromatic heterocycles. The normalized spacial score (nSPS) is 18.1. The molecule has 1 atom stereocenters. The van der Waals surface area contributed by atoms with Crippen LogP contribution < -0.4 is 0 Å². The van der Waals surface area contributed by atoms with Crippen molar-refractivity contribution >= 4 is 63.5 Å². The van der Waals surface area contributed by atoms with E-state index < -0.39 is 30.2 Å². The van der Waals surface area contributed by atoms with Crippen LogP contribution in [0.3, 0.4) is 0 Å². The Morgan fingerprint density at radius 3 is 2.34 bits per heavy atom. The molecule has 0 N–H and O–H groups in total. The minimum absolute atomic E-state index is 0.0247. The Hall–Kier alpha value is -2.05. The number of rotatable bonds is 3.